The van der Waals surface area contributed by atoms with E-state index >= 15 is 0 Å². The fraction of sp³-hybridized carbons (Fsp3) is 0.259. The summed E-state index contributed by atoms with van der Waals surface area (Å²) in [5.41, 5.74) is 0.563. The second-order valence-electron chi connectivity index (χ2n) is 7.85. The maximum atomic E-state index is 13.4. The third-order valence-electron chi connectivity index (χ3n) is 5.36. The van der Waals surface area contributed by atoms with E-state index in [1.54, 1.807) is 0 Å². The minimum absolute atomic E-state index is 0.0519. The molecule has 3 aromatic rings. The number of benzene rings is 3. The van der Waals surface area contributed by atoms with E-state index in [0.29, 0.717) is 12.0 Å². The number of esters is 1. The lowest BCUT2D eigenvalue weighted by molar-refractivity contribution is -0.115. The van der Waals surface area contributed by atoms with E-state index in [2.05, 4.69) is 24.3 Å². The molecule has 2 atom stereocenters. The SMILES string of the molecule is CC[C@@H](C=O)[C@H](OC(=O)c1ccccc1P(c1ccccc1)c1ccccc1)C(C)C. The van der Waals surface area contributed by atoms with E-state index in [1.165, 1.54) is 10.6 Å². The minimum atomic E-state index is -0.932. The van der Waals surface area contributed by atoms with Crippen LogP contribution in [0.4, 0.5) is 0 Å². The monoisotopic (exact) mass is 432 g/mol. The van der Waals surface area contributed by atoms with Gasteiger partial charge in [-0.15, -0.1) is 0 Å². The van der Waals surface area contributed by atoms with Gasteiger partial charge in [0.1, 0.15) is 12.4 Å². The van der Waals surface area contributed by atoms with Crippen LogP contribution in [0, 0.1) is 11.8 Å². The molecular weight excluding hydrogens is 403 g/mol. The Bertz CT molecular complexity index is 946. The number of hydrogen-bond donors (Lipinski definition) is 0. The molecule has 0 N–H and O–H groups in total. The zero-order valence-corrected chi connectivity index (χ0v) is 19.2. The first-order valence-corrected chi connectivity index (χ1v) is 12.1. The van der Waals surface area contributed by atoms with E-state index in [9.17, 15) is 9.59 Å². The molecule has 0 aliphatic carbocycles. The first kappa shape index (κ1) is 22.9. The summed E-state index contributed by atoms with van der Waals surface area (Å²) in [6, 6.07) is 28.2. The number of hydrogen-bond acceptors (Lipinski definition) is 3. The van der Waals surface area contributed by atoms with Gasteiger partial charge in [-0.3, -0.25) is 0 Å². The minimum Gasteiger partial charge on any atom is -0.458 e. The Morgan fingerprint density at radius 2 is 1.39 bits per heavy atom. The van der Waals surface area contributed by atoms with Gasteiger partial charge in [0.05, 0.1) is 11.5 Å². The Morgan fingerprint density at radius 3 is 1.87 bits per heavy atom. The maximum Gasteiger partial charge on any atom is 0.339 e. The van der Waals surface area contributed by atoms with Crippen LogP contribution in [-0.2, 0) is 9.53 Å². The lowest BCUT2D eigenvalue weighted by Crippen LogP contribution is -2.34. The van der Waals surface area contributed by atoms with E-state index in [0.717, 1.165) is 11.6 Å². The second kappa shape index (κ2) is 11.0. The van der Waals surface area contributed by atoms with Crippen molar-refractivity contribution in [3.8, 4) is 0 Å². The fourth-order valence-electron chi connectivity index (χ4n) is 3.73. The number of aldehydes is 1. The molecule has 31 heavy (non-hydrogen) atoms. The van der Waals surface area contributed by atoms with Crippen molar-refractivity contribution >= 4 is 36.1 Å². The fourth-order valence-corrected chi connectivity index (χ4v) is 6.17. The van der Waals surface area contributed by atoms with Crippen molar-refractivity contribution in [2.75, 3.05) is 0 Å². The summed E-state index contributed by atoms with van der Waals surface area (Å²) in [4.78, 5) is 24.9. The summed E-state index contributed by atoms with van der Waals surface area (Å²) in [7, 11) is -0.932. The van der Waals surface area contributed by atoms with Crippen LogP contribution < -0.4 is 15.9 Å². The number of rotatable bonds is 9. The van der Waals surface area contributed by atoms with Gasteiger partial charge in [-0.2, -0.15) is 0 Å². The highest BCUT2D eigenvalue weighted by Gasteiger charge is 2.29. The van der Waals surface area contributed by atoms with E-state index in [-0.39, 0.29) is 17.8 Å². The highest BCUT2D eigenvalue weighted by atomic mass is 31.1. The standard InChI is InChI=1S/C27H29O3P/c1-4-21(19-28)26(20(2)3)30-27(29)24-17-11-12-18-25(24)31(22-13-7-5-8-14-22)23-15-9-6-10-16-23/h5-21,26H,4H2,1-3H3/t21-,26+/m0/s1. The molecule has 160 valence electrons. The van der Waals surface area contributed by atoms with Crippen molar-refractivity contribution in [3.05, 3.63) is 90.5 Å². The number of ether oxygens (including phenoxy) is 1. The van der Waals surface area contributed by atoms with Gasteiger partial charge in [-0.25, -0.2) is 4.79 Å². The van der Waals surface area contributed by atoms with Gasteiger partial charge in [0.25, 0.3) is 0 Å². The van der Waals surface area contributed by atoms with Crippen LogP contribution in [0.25, 0.3) is 0 Å². The first-order chi connectivity index (χ1) is 15.1. The molecule has 0 aliphatic rings. The van der Waals surface area contributed by atoms with Crippen molar-refractivity contribution < 1.29 is 14.3 Å². The molecule has 0 unspecified atom stereocenters. The summed E-state index contributed by atoms with van der Waals surface area (Å²) in [6.45, 7) is 5.91. The predicted molar refractivity (Wildman–Crippen MR) is 129 cm³/mol. The highest BCUT2D eigenvalue weighted by Crippen LogP contribution is 2.34. The van der Waals surface area contributed by atoms with Crippen LogP contribution in [0.5, 0.6) is 0 Å². The van der Waals surface area contributed by atoms with Gasteiger partial charge < -0.3 is 9.53 Å². The zero-order valence-electron chi connectivity index (χ0n) is 18.3. The molecule has 0 aromatic heterocycles. The van der Waals surface area contributed by atoms with E-state index < -0.39 is 14.0 Å². The van der Waals surface area contributed by atoms with Gasteiger partial charge in [-0.1, -0.05) is 99.6 Å². The molecule has 0 spiro atoms. The second-order valence-corrected chi connectivity index (χ2v) is 10.0. The molecule has 3 aromatic carbocycles. The summed E-state index contributed by atoms with van der Waals surface area (Å²) in [6.07, 6.45) is 1.11. The van der Waals surface area contributed by atoms with Crippen LogP contribution in [-0.4, -0.2) is 18.4 Å². The van der Waals surface area contributed by atoms with Crippen molar-refractivity contribution in [1.29, 1.82) is 0 Å². The zero-order chi connectivity index (χ0) is 22.2. The average molecular weight is 433 g/mol. The average Bonchev–Trinajstić information content (AvgIpc) is 2.81. The van der Waals surface area contributed by atoms with Crippen LogP contribution in [0.1, 0.15) is 37.6 Å². The third kappa shape index (κ3) is 5.48. The normalized spacial score (nSPS) is 13.1. The summed E-state index contributed by atoms with van der Waals surface area (Å²) in [5, 5.41) is 3.30. The molecule has 0 radical (unpaired) electrons. The molecular formula is C27H29O3P. The molecule has 0 aliphatic heterocycles. The van der Waals surface area contributed by atoms with Crippen LogP contribution in [0.3, 0.4) is 0 Å². The lowest BCUT2D eigenvalue weighted by Gasteiger charge is -2.27. The summed E-state index contributed by atoms with van der Waals surface area (Å²) >= 11 is 0. The van der Waals surface area contributed by atoms with Gasteiger partial charge in [0.2, 0.25) is 0 Å². The van der Waals surface area contributed by atoms with Gasteiger partial charge in [0, 0.05) is 0 Å². The molecule has 0 saturated heterocycles. The summed E-state index contributed by atoms with van der Waals surface area (Å²) in [5.74, 6) is -0.620. The molecule has 0 saturated carbocycles. The van der Waals surface area contributed by atoms with Crippen molar-refractivity contribution in [2.45, 2.75) is 33.3 Å². The van der Waals surface area contributed by atoms with E-state index in [1.807, 2.05) is 81.4 Å². The topological polar surface area (TPSA) is 43.4 Å². The van der Waals surface area contributed by atoms with Crippen molar-refractivity contribution in [1.82, 2.24) is 0 Å². The number of carbonyl (C=O) groups is 2. The van der Waals surface area contributed by atoms with Gasteiger partial charge in [-0.05, 0) is 42.2 Å². The maximum absolute atomic E-state index is 13.4. The quantitative estimate of drug-likeness (QED) is 0.276. The molecule has 0 amide bonds. The predicted octanol–water partition coefficient (Wildman–Crippen LogP) is 4.85. The highest BCUT2D eigenvalue weighted by molar-refractivity contribution is 7.80. The Kier molecular flexibility index (Phi) is 8.14. The van der Waals surface area contributed by atoms with Crippen molar-refractivity contribution in [3.63, 3.8) is 0 Å². The molecule has 3 rings (SSSR count). The Balaban J connectivity index is 2.04. The molecule has 0 heterocycles. The van der Waals surface area contributed by atoms with Gasteiger partial charge in [0.15, 0.2) is 0 Å². The molecule has 0 fully saturated rings. The third-order valence-corrected chi connectivity index (χ3v) is 7.86. The lowest BCUT2D eigenvalue weighted by atomic mass is 9.92. The smallest absolute Gasteiger partial charge is 0.339 e. The Morgan fingerprint density at radius 1 is 0.871 bits per heavy atom. The number of carbonyl (C=O) groups excluding carboxylic acids is 2. The molecule has 4 heteroatoms. The van der Waals surface area contributed by atoms with Crippen LogP contribution in [0.2, 0.25) is 0 Å². The Labute approximate surface area is 186 Å². The Hall–Kier alpha value is -2.77. The van der Waals surface area contributed by atoms with Crippen molar-refractivity contribution in [2.24, 2.45) is 11.8 Å². The van der Waals surface area contributed by atoms with Gasteiger partial charge >= 0.3 is 5.97 Å². The molecule has 0 bridgehead atoms. The first-order valence-electron chi connectivity index (χ1n) is 10.7. The molecule has 3 nitrogen and oxygen atoms in total. The largest absolute Gasteiger partial charge is 0.458 e. The van der Waals surface area contributed by atoms with E-state index in [4.69, 9.17) is 4.74 Å². The van der Waals surface area contributed by atoms with Crippen LogP contribution in [0.15, 0.2) is 84.9 Å². The summed E-state index contributed by atoms with van der Waals surface area (Å²) < 4.78 is 5.94. The van der Waals surface area contributed by atoms with Crippen LogP contribution >= 0.6 is 7.92 Å².